The fraction of sp³-hybridized carbons (Fsp3) is 0.385. The largest absolute Gasteiger partial charge is 0.324 e. The maximum Gasteiger partial charge on any atom is 0.240 e. The fourth-order valence-electron chi connectivity index (χ4n) is 2.16. The van der Waals surface area contributed by atoms with Gasteiger partial charge in [0.15, 0.2) is 0 Å². The Hall–Kier alpha value is -1.88. The highest BCUT2D eigenvalue weighted by Gasteiger charge is 2.24. The van der Waals surface area contributed by atoms with Crippen LogP contribution in [0.2, 0.25) is 0 Å². The molecule has 3 N–H and O–H groups in total. The zero-order valence-electron chi connectivity index (χ0n) is 10.4. The van der Waals surface area contributed by atoms with Gasteiger partial charge >= 0.3 is 0 Å². The smallest absolute Gasteiger partial charge is 0.240 e. The number of aryl methyl sites for hydroxylation is 1. The van der Waals surface area contributed by atoms with E-state index in [1.807, 2.05) is 25.1 Å². The van der Waals surface area contributed by atoms with Gasteiger partial charge in [0.05, 0.1) is 17.9 Å². The molecule has 0 atom stereocenters. The second-order valence-electron chi connectivity index (χ2n) is 4.21. The molecule has 0 unspecified atom stereocenters. The van der Waals surface area contributed by atoms with E-state index in [9.17, 15) is 9.59 Å². The van der Waals surface area contributed by atoms with Crippen molar-refractivity contribution in [3.8, 4) is 0 Å². The number of carbonyl (C=O) groups is 2. The maximum atomic E-state index is 11.9. The Morgan fingerprint density at radius 2 is 2.28 bits per heavy atom. The second-order valence-corrected chi connectivity index (χ2v) is 4.21. The molecule has 0 aromatic heterocycles. The van der Waals surface area contributed by atoms with Crippen LogP contribution in [-0.2, 0) is 16.0 Å². The molecule has 2 rings (SSSR count). The van der Waals surface area contributed by atoms with Crippen molar-refractivity contribution in [3.63, 3.8) is 0 Å². The minimum Gasteiger partial charge on any atom is -0.324 e. The molecular formula is C13H17N3O2. The van der Waals surface area contributed by atoms with Crippen LogP contribution >= 0.6 is 0 Å². The molecule has 1 heterocycles. The Bertz CT molecular complexity index is 485. The minimum atomic E-state index is -0.166. The molecule has 1 aliphatic rings. The van der Waals surface area contributed by atoms with E-state index in [2.05, 4.69) is 5.32 Å². The van der Waals surface area contributed by atoms with E-state index < -0.39 is 0 Å². The molecule has 1 aromatic carbocycles. The summed E-state index contributed by atoms with van der Waals surface area (Å²) in [7, 11) is 0. The quantitative estimate of drug-likeness (QED) is 0.814. The number of rotatable bonds is 2. The number of nitrogens with zero attached hydrogens (tertiary/aromatic N) is 1. The van der Waals surface area contributed by atoms with Crippen LogP contribution in [-0.4, -0.2) is 24.9 Å². The molecule has 18 heavy (non-hydrogen) atoms. The van der Waals surface area contributed by atoms with Crippen molar-refractivity contribution in [1.29, 1.82) is 0 Å². The first-order valence-electron chi connectivity index (χ1n) is 6.09. The second kappa shape index (κ2) is 5.18. The van der Waals surface area contributed by atoms with Crippen LogP contribution in [0.25, 0.3) is 0 Å². The van der Waals surface area contributed by atoms with Gasteiger partial charge in [0, 0.05) is 13.0 Å². The molecule has 0 bridgehead atoms. The summed E-state index contributed by atoms with van der Waals surface area (Å²) in [6.07, 6.45) is 1.09. The molecule has 1 aromatic rings. The Morgan fingerprint density at radius 3 is 2.94 bits per heavy atom. The van der Waals surface area contributed by atoms with Crippen LogP contribution in [0.3, 0.4) is 0 Å². The summed E-state index contributed by atoms with van der Waals surface area (Å²) < 4.78 is 0. The number of benzene rings is 1. The van der Waals surface area contributed by atoms with Gasteiger partial charge in [-0.15, -0.1) is 0 Å². The number of hydrogen-bond donors (Lipinski definition) is 2. The molecule has 5 heteroatoms. The Kier molecular flexibility index (Phi) is 3.62. The van der Waals surface area contributed by atoms with Gasteiger partial charge in [-0.05, 0) is 18.1 Å². The summed E-state index contributed by atoms with van der Waals surface area (Å²) in [5, 5.41) is 2.88. The van der Waals surface area contributed by atoms with Gasteiger partial charge in [0.2, 0.25) is 11.8 Å². The molecular weight excluding hydrogens is 230 g/mol. The highest BCUT2D eigenvalue weighted by atomic mass is 16.2. The van der Waals surface area contributed by atoms with Gasteiger partial charge in [-0.2, -0.15) is 0 Å². The third kappa shape index (κ3) is 2.22. The average molecular weight is 247 g/mol. The lowest BCUT2D eigenvalue weighted by atomic mass is 10.1. The molecule has 5 nitrogen and oxygen atoms in total. The molecule has 0 saturated heterocycles. The van der Waals surface area contributed by atoms with Gasteiger partial charge < -0.3 is 16.0 Å². The number of carbonyl (C=O) groups excluding carboxylic acids is 2. The van der Waals surface area contributed by atoms with E-state index in [0.29, 0.717) is 13.0 Å². The van der Waals surface area contributed by atoms with Crippen molar-refractivity contribution in [1.82, 2.24) is 0 Å². The molecule has 96 valence electrons. The topological polar surface area (TPSA) is 75.4 Å². The van der Waals surface area contributed by atoms with Gasteiger partial charge in [-0.3, -0.25) is 9.59 Å². The van der Waals surface area contributed by atoms with Gasteiger partial charge in [-0.25, -0.2) is 0 Å². The summed E-state index contributed by atoms with van der Waals surface area (Å²) >= 11 is 0. The van der Waals surface area contributed by atoms with Crippen molar-refractivity contribution in [3.05, 3.63) is 23.8 Å². The first-order chi connectivity index (χ1) is 8.67. The first kappa shape index (κ1) is 12.6. The SMILES string of the molecule is CCc1cccc2c1NC(=O)CCN2C(=O)CN. The third-order valence-corrected chi connectivity index (χ3v) is 3.10. The predicted molar refractivity (Wildman–Crippen MR) is 70.5 cm³/mol. The van der Waals surface area contributed by atoms with E-state index in [-0.39, 0.29) is 18.4 Å². The molecule has 2 amide bonds. The molecule has 0 aliphatic carbocycles. The van der Waals surface area contributed by atoms with Crippen molar-refractivity contribution >= 4 is 23.2 Å². The number of nitrogens with one attached hydrogen (secondary N) is 1. The van der Waals surface area contributed by atoms with Crippen molar-refractivity contribution in [2.24, 2.45) is 5.73 Å². The number of para-hydroxylation sites is 1. The monoisotopic (exact) mass is 247 g/mol. The van der Waals surface area contributed by atoms with Crippen LogP contribution < -0.4 is 16.0 Å². The van der Waals surface area contributed by atoms with Gasteiger partial charge in [-0.1, -0.05) is 19.1 Å². The zero-order valence-corrected chi connectivity index (χ0v) is 10.4. The standard InChI is InChI=1S/C13H17N3O2/c1-2-9-4-3-5-10-13(9)15-11(17)6-7-16(10)12(18)8-14/h3-5H,2,6-8,14H2,1H3,(H,15,17). The van der Waals surface area contributed by atoms with Crippen molar-refractivity contribution in [2.75, 3.05) is 23.3 Å². The van der Waals surface area contributed by atoms with Crippen molar-refractivity contribution in [2.45, 2.75) is 19.8 Å². The van der Waals surface area contributed by atoms with Gasteiger partial charge in [0.1, 0.15) is 0 Å². The van der Waals surface area contributed by atoms with Crippen LogP contribution in [0, 0.1) is 0 Å². The molecule has 1 aliphatic heterocycles. The number of amides is 2. The van der Waals surface area contributed by atoms with Crippen molar-refractivity contribution < 1.29 is 9.59 Å². The van der Waals surface area contributed by atoms with Crippen LogP contribution in [0.5, 0.6) is 0 Å². The highest BCUT2D eigenvalue weighted by Crippen LogP contribution is 2.32. The lowest BCUT2D eigenvalue weighted by Crippen LogP contribution is -2.36. The summed E-state index contributed by atoms with van der Waals surface area (Å²) in [5.74, 6) is -0.231. The number of hydrogen-bond acceptors (Lipinski definition) is 3. The highest BCUT2D eigenvalue weighted by molar-refractivity contribution is 6.05. The lowest BCUT2D eigenvalue weighted by Gasteiger charge is -2.22. The van der Waals surface area contributed by atoms with Gasteiger partial charge in [0.25, 0.3) is 0 Å². The number of anilines is 2. The summed E-state index contributed by atoms with van der Waals surface area (Å²) in [6, 6.07) is 5.69. The van der Waals surface area contributed by atoms with Crippen LogP contribution in [0.4, 0.5) is 11.4 Å². The molecule has 0 radical (unpaired) electrons. The first-order valence-corrected chi connectivity index (χ1v) is 6.09. The summed E-state index contributed by atoms with van der Waals surface area (Å²) in [5.41, 5.74) is 7.93. The number of nitrogens with two attached hydrogens (primary N) is 1. The Labute approximate surface area is 106 Å². The summed E-state index contributed by atoms with van der Waals surface area (Å²) in [6.45, 7) is 2.34. The Morgan fingerprint density at radius 1 is 1.50 bits per heavy atom. The molecule has 0 fully saturated rings. The van der Waals surface area contributed by atoms with E-state index in [1.54, 1.807) is 4.90 Å². The fourth-order valence-corrected chi connectivity index (χ4v) is 2.16. The third-order valence-electron chi connectivity index (χ3n) is 3.10. The zero-order chi connectivity index (χ0) is 13.1. The van der Waals surface area contributed by atoms with E-state index >= 15 is 0 Å². The van der Waals surface area contributed by atoms with E-state index in [4.69, 9.17) is 5.73 Å². The lowest BCUT2D eigenvalue weighted by molar-refractivity contribution is -0.117. The van der Waals surface area contributed by atoms with E-state index in [1.165, 1.54) is 0 Å². The summed E-state index contributed by atoms with van der Waals surface area (Å²) in [4.78, 5) is 25.1. The molecule has 0 saturated carbocycles. The van der Waals surface area contributed by atoms with Crippen LogP contribution in [0.15, 0.2) is 18.2 Å². The minimum absolute atomic E-state index is 0.0516. The van der Waals surface area contributed by atoms with Crippen LogP contribution in [0.1, 0.15) is 18.9 Å². The average Bonchev–Trinajstić information content (AvgIpc) is 2.56. The normalized spacial score (nSPS) is 14.8. The number of fused-ring (bicyclic) bond motifs is 1. The Balaban J connectivity index is 2.52. The van der Waals surface area contributed by atoms with E-state index in [0.717, 1.165) is 23.4 Å². The maximum absolute atomic E-state index is 11.9. The predicted octanol–water partition coefficient (Wildman–Crippen LogP) is 0.883. The molecule has 0 spiro atoms.